The van der Waals surface area contributed by atoms with Crippen LogP contribution in [0.15, 0.2) is 48.5 Å². The van der Waals surface area contributed by atoms with Crippen LogP contribution in [0, 0.1) is 0 Å². The number of carbonyl (C=O) groups is 1. The summed E-state index contributed by atoms with van der Waals surface area (Å²) in [6.45, 7) is 1.44. The van der Waals surface area contributed by atoms with E-state index in [1.807, 2.05) is 19.9 Å². The number of ether oxygens (including phenoxy) is 3. The van der Waals surface area contributed by atoms with Crippen LogP contribution < -0.4 is 19.5 Å². The van der Waals surface area contributed by atoms with Crippen LogP contribution in [-0.4, -0.2) is 32.3 Å². The minimum atomic E-state index is -2.84. The minimum absolute atomic E-state index is 0.0316. The Hall–Kier alpha value is -3.09. The summed E-state index contributed by atoms with van der Waals surface area (Å²) in [5.41, 5.74) is 1.71. The zero-order valence-electron chi connectivity index (χ0n) is 16.7. The molecule has 0 bridgehead atoms. The first-order valence-corrected chi connectivity index (χ1v) is 9.21. The van der Waals surface area contributed by atoms with E-state index in [0.717, 1.165) is 11.1 Å². The van der Waals surface area contributed by atoms with Crippen LogP contribution in [-0.2, 0) is 11.2 Å². The Morgan fingerprint density at radius 2 is 1.79 bits per heavy atom. The predicted octanol–water partition coefficient (Wildman–Crippen LogP) is 4.46. The van der Waals surface area contributed by atoms with Crippen LogP contribution in [0.2, 0.25) is 0 Å². The molecular formula is C22H25F2NO4. The van der Waals surface area contributed by atoms with Crippen molar-refractivity contribution < 1.29 is 27.8 Å². The van der Waals surface area contributed by atoms with Crippen molar-refractivity contribution in [2.24, 2.45) is 0 Å². The summed E-state index contributed by atoms with van der Waals surface area (Å²) in [4.78, 5) is 12.0. The molecular weight excluding hydrogens is 380 g/mol. The molecule has 156 valence electrons. The molecule has 1 N–H and O–H groups in total. The van der Waals surface area contributed by atoms with Crippen LogP contribution in [0.25, 0.3) is 6.08 Å². The molecule has 0 saturated heterocycles. The number of benzene rings is 2. The summed E-state index contributed by atoms with van der Waals surface area (Å²) in [6, 6.07) is 11.8. The molecule has 0 fully saturated rings. The van der Waals surface area contributed by atoms with Crippen LogP contribution in [0.4, 0.5) is 8.78 Å². The van der Waals surface area contributed by atoms with E-state index < -0.39 is 6.61 Å². The van der Waals surface area contributed by atoms with Crippen LogP contribution >= 0.6 is 0 Å². The molecule has 2 aromatic rings. The first kappa shape index (κ1) is 22.2. The number of amides is 1. The first-order valence-electron chi connectivity index (χ1n) is 9.21. The number of halogens is 2. The van der Waals surface area contributed by atoms with Gasteiger partial charge in [0.2, 0.25) is 5.91 Å². The van der Waals surface area contributed by atoms with Gasteiger partial charge in [-0.15, -0.1) is 0 Å². The standard InChI is InChI=1S/C22H25F2NO4/c1-15(2)28-19-10-6-17(14-20(19)27-3)7-11-21(26)25-13-12-16-4-8-18(9-5-16)29-22(23)24/h4-11,14-15,22H,12-13H2,1-3H3,(H,25,26)/b11-7+. The molecule has 0 aliphatic rings. The van der Waals surface area contributed by atoms with E-state index in [4.69, 9.17) is 9.47 Å². The molecule has 0 radical (unpaired) electrons. The van der Waals surface area contributed by atoms with E-state index in [2.05, 4.69) is 10.1 Å². The lowest BCUT2D eigenvalue weighted by molar-refractivity contribution is -0.116. The SMILES string of the molecule is COc1cc(/C=C/C(=O)NCCc2ccc(OC(F)F)cc2)ccc1OC(C)C. The molecule has 0 atom stereocenters. The highest BCUT2D eigenvalue weighted by Crippen LogP contribution is 2.29. The fourth-order valence-corrected chi connectivity index (χ4v) is 2.54. The molecule has 5 nitrogen and oxygen atoms in total. The summed E-state index contributed by atoms with van der Waals surface area (Å²) in [6.07, 6.45) is 3.73. The molecule has 1 amide bonds. The van der Waals surface area contributed by atoms with Gasteiger partial charge in [-0.2, -0.15) is 8.78 Å². The normalized spacial score (nSPS) is 11.1. The van der Waals surface area contributed by atoms with Gasteiger partial charge in [-0.3, -0.25) is 4.79 Å². The lowest BCUT2D eigenvalue weighted by Crippen LogP contribution is -2.23. The van der Waals surface area contributed by atoms with Crippen molar-refractivity contribution in [2.45, 2.75) is 33.0 Å². The van der Waals surface area contributed by atoms with E-state index in [9.17, 15) is 13.6 Å². The molecule has 29 heavy (non-hydrogen) atoms. The lowest BCUT2D eigenvalue weighted by Gasteiger charge is -2.13. The van der Waals surface area contributed by atoms with Gasteiger partial charge in [-0.05, 0) is 61.7 Å². The highest BCUT2D eigenvalue weighted by atomic mass is 19.3. The number of nitrogens with one attached hydrogen (secondary N) is 1. The van der Waals surface area contributed by atoms with Crippen molar-refractivity contribution >= 4 is 12.0 Å². The van der Waals surface area contributed by atoms with E-state index in [1.165, 1.54) is 18.2 Å². The molecule has 0 aliphatic carbocycles. The van der Waals surface area contributed by atoms with Crippen molar-refractivity contribution in [1.29, 1.82) is 0 Å². The first-order chi connectivity index (χ1) is 13.9. The molecule has 0 aromatic heterocycles. The lowest BCUT2D eigenvalue weighted by atomic mass is 10.1. The predicted molar refractivity (Wildman–Crippen MR) is 108 cm³/mol. The Balaban J connectivity index is 1.83. The second-order valence-electron chi connectivity index (χ2n) is 6.47. The maximum absolute atomic E-state index is 12.1. The van der Waals surface area contributed by atoms with Crippen molar-refractivity contribution in [2.75, 3.05) is 13.7 Å². The maximum atomic E-state index is 12.1. The molecule has 2 aromatic carbocycles. The van der Waals surface area contributed by atoms with Gasteiger partial charge >= 0.3 is 6.61 Å². The van der Waals surface area contributed by atoms with Gasteiger partial charge in [-0.25, -0.2) is 0 Å². The summed E-state index contributed by atoms with van der Waals surface area (Å²) < 4.78 is 39.6. The summed E-state index contributed by atoms with van der Waals surface area (Å²) >= 11 is 0. The highest BCUT2D eigenvalue weighted by molar-refractivity contribution is 5.91. The summed E-state index contributed by atoms with van der Waals surface area (Å²) in [5.74, 6) is 1.12. The minimum Gasteiger partial charge on any atom is -0.493 e. The Morgan fingerprint density at radius 3 is 2.41 bits per heavy atom. The van der Waals surface area contributed by atoms with Gasteiger partial charge in [0, 0.05) is 12.6 Å². The molecule has 0 unspecified atom stereocenters. The third-order valence-electron chi connectivity index (χ3n) is 3.84. The Morgan fingerprint density at radius 1 is 1.07 bits per heavy atom. The summed E-state index contributed by atoms with van der Waals surface area (Å²) in [5, 5.41) is 2.78. The van der Waals surface area contributed by atoms with E-state index >= 15 is 0 Å². The number of hydrogen-bond acceptors (Lipinski definition) is 4. The number of carbonyl (C=O) groups excluding carboxylic acids is 1. The van der Waals surface area contributed by atoms with Crippen molar-refractivity contribution in [3.63, 3.8) is 0 Å². The fourth-order valence-electron chi connectivity index (χ4n) is 2.54. The largest absolute Gasteiger partial charge is 0.493 e. The van der Waals surface area contributed by atoms with Gasteiger partial charge in [-0.1, -0.05) is 18.2 Å². The summed E-state index contributed by atoms with van der Waals surface area (Å²) in [7, 11) is 1.56. The van der Waals surface area contributed by atoms with E-state index in [-0.39, 0.29) is 17.8 Å². The number of rotatable bonds is 10. The van der Waals surface area contributed by atoms with Gasteiger partial charge < -0.3 is 19.5 Å². The molecule has 7 heteroatoms. The number of methoxy groups -OCH3 is 1. The molecule has 0 aliphatic heterocycles. The topological polar surface area (TPSA) is 56.8 Å². The molecule has 0 saturated carbocycles. The number of alkyl halides is 2. The Labute approximate surface area is 169 Å². The van der Waals surface area contributed by atoms with Crippen LogP contribution in [0.1, 0.15) is 25.0 Å². The maximum Gasteiger partial charge on any atom is 0.387 e. The van der Waals surface area contributed by atoms with Gasteiger partial charge in [0.05, 0.1) is 13.2 Å². The quantitative estimate of drug-likeness (QED) is 0.593. The van der Waals surface area contributed by atoms with Gasteiger partial charge in [0.15, 0.2) is 11.5 Å². The monoisotopic (exact) mass is 405 g/mol. The Kier molecular flexibility index (Phi) is 8.45. The van der Waals surface area contributed by atoms with Gasteiger partial charge in [0.25, 0.3) is 0 Å². The second kappa shape index (κ2) is 11.0. The molecule has 2 rings (SSSR count). The zero-order valence-corrected chi connectivity index (χ0v) is 16.7. The third kappa shape index (κ3) is 7.81. The second-order valence-corrected chi connectivity index (χ2v) is 6.47. The zero-order chi connectivity index (χ0) is 21.2. The highest BCUT2D eigenvalue weighted by Gasteiger charge is 2.07. The van der Waals surface area contributed by atoms with Crippen molar-refractivity contribution in [3.05, 3.63) is 59.7 Å². The van der Waals surface area contributed by atoms with E-state index in [1.54, 1.807) is 37.5 Å². The molecule has 0 spiro atoms. The van der Waals surface area contributed by atoms with Crippen LogP contribution in [0.5, 0.6) is 17.2 Å². The smallest absolute Gasteiger partial charge is 0.387 e. The third-order valence-corrected chi connectivity index (χ3v) is 3.84. The van der Waals surface area contributed by atoms with E-state index in [0.29, 0.717) is 24.5 Å². The van der Waals surface area contributed by atoms with Crippen molar-refractivity contribution in [3.8, 4) is 17.2 Å². The van der Waals surface area contributed by atoms with Crippen molar-refractivity contribution in [1.82, 2.24) is 5.32 Å². The average Bonchev–Trinajstić information content (AvgIpc) is 2.67. The average molecular weight is 405 g/mol. The molecule has 0 heterocycles. The van der Waals surface area contributed by atoms with Gasteiger partial charge in [0.1, 0.15) is 5.75 Å². The number of hydrogen-bond donors (Lipinski definition) is 1. The Bertz CT molecular complexity index is 820. The van der Waals surface area contributed by atoms with Crippen LogP contribution in [0.3, 0.4) is 0 Å². The fraction of sp³-hybridized carbons (Fsp3) is 0.318.